The van der Waals surface area contributed by atoms with Crippen molar-refractivity contribution in [2.24, 2.45) is 0 Å². The third-order valence-electron chi connectivity index (χ3n) is 3.92. The Hall–Kier alpha value is -3.32. The first-order valence-corrected chi connectivity index (χ1v) is 10.6. The van der Waals surface area contributed by atoms with Crippen LogP contribution >= 0.6 is 0 Å². The maximum Gasteiger partial charge on any atom is 0.269 e. The summed E-state index contributed by atoms with van der Waals surface area (Å²) in [6, 6.07) is 25.7. The smallest absolute Gasteiger partial charge is 0.269 e. The van der Waals surface area contributed by atoms with Crippen LogP contribution in [0.4, 0.5) is 11.4 Å². The second-order valence-electron chi connectivity index (χ2n) is 6.30. The van der Waals surface area contributed by atoms with Gasteiger partial charge in [-0.25, -0.2) is 8.42 Å². The molecule has 0 fully saturated rings. The van der Waals surface area contributed by atoms with Crippen molar-refractivity contribution in [2.45, 2.75) is 6.54 Å². The topological polar surface area (TPSA) is 78.5 Å². The number of carbonyl (C=O) groups excluding carboxylic acids is 1. The molecule has 3 aromatic rings. The van der Waals surface area contributed by atoms with Crippen molar-refractivity contribution in [3.63, 3.8) is 0 Å². The first-order valence-electron chi connectivity index (χ1n) is 8.66. The molecule has 0 aliphatic rings. The molecule has 0 aliphatic carbocycles. The number of rotatable bonds is 7. The highest BCUT2D eigenvalue weighted by molar-refractivity contribution is 7.92. The molecule has 6 nitrogen and oxygen atoms in total. The van der Waals surface area contributed by atoms with Crippen LogP contribution in [0.1, 0.15) is 15.9 Å². The Morgan fingerprint density at radius 2 is 1.54 bits per heavy atom. The van der Waals surface area contributed by atoms with E-state index in [1.165, 1.54) is 6.07 Å². The van der Waals surface area contributed by atoms with Crippen LogP contribution in [-0.2, 0) is 16.6 Å². The fraction of sp³-hybridized carbons (Fsp3) is 0.0952. The van der Waals surface area contributed by atoms with E-state index in [4.69, 9.17) is 0 Å². The number of nitrogens with one attached hydrogen (secondary N) is 2. The summed E-state index contributed by atoms with van der Waals surface area (Å²) in [4.78, 5) is 12.8. The van der Waals surface area contributed by atoms with Gasteiger partial charge in [0.05, 0.1) is 18.5 Å². The van der Waals surface area contributed by atoms with Crippen LogP contribution in [-0.4, -0.2) is 20.6 Å². The summed E-state index contributed by atoms with van der Waals surface area (Å²) in [5.74, 6) is -0.336. The quantitative estimate of drug-likeness (QED) is 0.601. The molecule has 0 spiro atoms. The molecule has 0 saturated heterocycles. The van der Waals surface area contributed by atoms with Gasteiger partial charge in [-0.05, 0) is 35.9 Å². The van der Waals surface area contributed by atoms with Crippen molar-refractivity contribution >= 4 is 27.3 Å². The van der Waals surface area contributed by atoms with Gasteiger partial charge in [-0.1, -0.05) is 54.6 Å². The molecule has 0 radical (unpaired) electrons. The van der Waals surface area contributed by atoms with E-state index in [2.05, 4.69) is 10.1 Å². The Labute approximate surface area is 164 Å². The van der Waals surface area contributed by atoms with E-state index >= 15 is 0 Å². The molecule has 0 aliphatic heterocycles. The number of sulfonamides is 1. The van der Waals surface area contributed by atoms with E-state index in [1.54, 1.807) is 23.2 Å². The van der Waals surface area contributed by atoms with Gasteiger partial charge in [-0.3, -0.25) is 20.0 Å². The lowest BCUT2D eigenvalue weighted by atomic mass is 10.2. The maximum atomic E-state index is 12.8. The summed E-state index contributed by atoms with van der Waals surface area (Å²) in [5.41, 5.74) is 5.47. The summed E-state index contributed by atoms with van der Waals surface area (Å²) in [6.07, 6.45) is 1.07. The molecule has 28 heavy (non-hydrogen) atoms. The van der Waals surface area contributed by atoms with E-state index in [0.29, 0.717) is 17.8 Å². The molecule has 0 saturated carbocycles. The average molecular weight is 395 g/mol. The summed E-state index contributed by atoms with van der Waals surface area (Å²) >= 11 is 0. The molecule has 7 heteroatoms. The minimum Gasteiger partial charge on any atom is -0.284 e. The second-order valence-corrected chi connectivity index (χ2v) is 8.05. The fourth-order valence-electron chi connectivity index (χ4n) is 2.69. The number of benzene rings is 3. The lowest BCUT2D eigenvalue weighted by molar-refractivity contribution is 0.0948. The fourth-order valence-corrected chi connectivity index (χ4v) is 3.25. The molecule has 0 heterocycles. The van der Waals surface area contributed by atoms with Crippen LogP contribution in [0.3, 0.4) is 0 Å². The van der Waals surface area contributed by atoms with Crippen molar-refractivity contribution in [1.29, 1.82) is 0 Å². The number of para-hydroxylation sites is 1. The molecule has 0 bridgehead atoms. The molecule has 3 aromatic carbocycles. The molecule has 2 N–H and O–H groups in total. The third kappa shape index (κ3) is 5.59. The van der Waals surface area contributed by atoms with Gasteiger partial charge < -0.3 is 0 Å². The lowest BCUT2D eigenvalue weighted by Crippen LogP contribution is -2.42. The Balaban J connectivity index is 1.82. The zero-order chi connectivity index (χ0) is 20.0. The van der Waals surface area contributed by atoms with Crippen molar-refractivity contribution < 1.29 is 13.2 Å². The van der Waals surface area contributed by atoms with E-state index in [-0.39, 0.29) is 5.91 Å². The number of nitrogens with zero attached hydrogens (tertiary/aromatic N) is 1. The number of hydrogen-bond donors (Lipinski definition) is 2. The van der Waals surface area contributed by atoms with Gasteiger partial charge in [0.1, 0.15) is 0 Å². The molecule has 0 atom stereocenters. The SMILES string of the molecule is CS(=O)(=O)Nc1cccc(C(=O)NN(Cc2ccccc2)c2ccccc2)c1. The second kappa shape index (κ2) is 8.58. The monoisotopic (exact) mass is 395 g/mol. The van der Waals surface area contributed by atoms with E-state index in [0.717, 1.165) is 17.5 Å². The van der Waals surface area contributed by atoms with Crippen LogP contribution in [0.5, 0.6) is 0 Å². The van der Waals surface area contributed by atoms with Gasteiger partial charge in [-0.2, -0.15) is 0 Å². The first kappa shape index (κ1) is 19.4. The lowest BCUT2D eigenvalue weighted by Gasteiger charge is -2.25. The Morgan fingerprint density at radius 1 is 0.893 bits per heavy atom. The molecule has 1 amide bonds. The number of hydrogen-bond acceptors (Lipinski definition) is 4. The predicted molar refractivity (Wildman–Crippen MR) is 111 cm³/mol. The van der Waals surface area contributed by atoms with Crippen LogP contribution in [0.15, 0.2) is 84.9 Å². The predicted octanol–water partition coefficient (Wildman–Crippen LogP) is 3.41. The number of anilines is 2. The van der Waals surface area contributed by atoms with Gasteiger partial charge >= 0.3 is 0 Å². The zero-order valence-corrected chi connectivity index (χ0v) is 16.2. The van der Waals surface area contributed by atoms with Gasteiger partial charge in [-0.15, -0.1) is 0 Å². The molecular formula is C21H21N3O3S. The van der Waals surface area contributed by atoms with Gasteiger partial charge in [0.2, 0.25) is 10.0 Å². The Kier molecular flexibility index (Phi) is 5.96. The summed E-state index contributed by atoms with van der Waals surface area (Å²) < 4.78 is 25.2. The number of carbonyl (C=O) groups is 1. The normalized spacial score (nSPS) is 10.9. The summed E-state index contributed by atoms with van der Waals surface area (Å²) in [5, 5.41) is 1.76. The minimum absolute atomic E-state index is 0.336. The minimum atomic E-state index is -3.42. The van der Waals surface area contributed by atoms with Gasteiger partial charge in [0.15, 0.2) is 0 Å². The molecular weight excluding hydrogens is 374 g/mol. The van der Waals surface area contributed by atoms with Gasteiger partial charge in [0, 0.05) is 11.3 Å². The maximum absolute atomic E-state index is 12.8. The molecule has 3 rings (SSSR count). The van der Waals surface area contributed by atoms with E-state index in [1.807, 2.05) is 60.7 Å². The van der Waals surface area contributed by atoms with Crippen molar-refractivity contribution in [2.75, 3.05) is 16.0 Å². The van der Waals surface area contributed by atoms with Crippen LogP contribution in [0.2, 0.25) is 0 Å². The molecule has 0 unspecified atom stereocenters. The molecule has 0 aromatic heterocycles. The largest absolute Gasteiger partial charge is 0.284 e. The Morgan fingerprint density at radius 3 is 2.18 bits per heavy atom. The van der Waals surface area contributed by atoms with E-state index < -0.39 is 10.0 Å². The summed E-state index contributed by atoms with van der Waals surface area (Å²) in [6.45, 7) is 0.484. The zero-order valence-electron chi connectivity index (χ0n) is 15.4. The number of amides is 1. The van der Waals surface area contributed by atoms with Crippen molar-refractivity contribution in [3.8, 4) is 0 Å². The van der Waals surface area contributed by atoms with Crippen LogP contribution in [0, 0.1) is 0 Å². The third-order valence-corrected chi connectivity index (χ3v) is 4.52. The summed E-state index contributed by atoms with van der Waals surface area (Å²) in [7, 11) is -3.42. The highest BCUT2D eigenvalue weighted by Gasteiger charge is 2.14. The van der Waals surface area contributed by atoms with Crippen molar-refractivity contribution in [3.05, 3.63) is 96.1 Å². The van der Waals surface area contributed by atoms with Crippen LogP contribution < -0.4 is 15.2 Å². The van der Waals surface area contributed by atoms with E-state index in [9.17, 15) is 13.2 Å². The van der Waals surface area contributed by atoms with Gasteiger partial charge in [0.25, 0.3) is 5.91 Å². The highest BCUT2D eigenvalue weighted by atomic mass is 32.2. The standard InChI is InChI=1S/C21H21N3O3S/c1-28(26,27)23-19-12-8-11-18(15-19)21(25)22-24(20-13-6-3-7-14-20)16-17-9-4-2-5-10-17/h2-15,23H,16H2,1H3,(H,22,25). The molecule has 144 valence electrons. The number of hydrazine groups is 1. The Bertz CT molecular complexity index is 1040. The highest BCUT2D eigenvalue weighted by Crippen LogP contribution is 2.17. The first-order chi connectivity index (χ1) is 13.4. The van der Waals surface area contributed by atoms with Crippen molar-refractivity contribution in [1.82, 2.24) is 5.43 Å². The average Bonchev–Trinajstić information content (AvgIpc) is 2.68. The van der Waals surface area contributed by atoms with Crippen LogP contribution in [0.25, 0.3) is 0 Å².